The molecule has 0 radical (unpaired) electrons. The SMILES string of the molecule is CC(c1cccc(N)c1)N1CCC1. The Kier molecular flexibility index (Phi) is 2.23. The minimum atomic E-state index is 0.525. The third-order valence-corrected chi connectivity index (χ3v) is 2.83. The molecule has 0 aliphatic carbocycles. The molecule has 2 heteroatoms. The predicted molar refractivity (Wildman–Crippen MR) is 55.5 cm³/mol. The fraction of sp³-hybridized carbons (Fsp3) is 0.455. The van der Waals surface area contributed by atoms with Gasteiger partial charge in [0.1, 0.15) is 0 Å². The summed E-state index contributed by atoms with van der Waals surface area (Å²) in [6.45, 7) is 4.71. The molecule has 1 aromatic rings. The van der Waals surface area contributed by atoms with Gasteiger partial charge in [-0.05, 0) is 44.1 Å². The minimum absolute atomic E-state index is 0.525. The Balaban J connectivity index is 2.14. The molecule has 0 saturated carbocycles. The van der Waals surface area contributed by atoms with E-state index in [1.165, 1.54) is 25.1 Å². The van der Waals surface area contributed by atoms with Gasteiger partial charge in [0.2, 0.25) is 0 Å². The standard InChI is InChI=1S/C11H16N2/c1-9(13-6-3-7-13)10-4-2-5-11(12)8-10/h2,4-5,8-9H,3,6-7,12H2,1H3. The third-order valence-electron chi connectivity index (χ3n) is 2.83. The molecule has 1 fully saturated rings. The molecule has 2 N–H and O–H groups in total. The number of anilines is 1. The fourth-order valence-corrected chi connectivity index (χ4v) is 1.76. The van der Waals surface area contributed by atoms with E-state index in [2.05, 4.69) is 24.0 Å². The van der Waals surface area contributed by atoms with Crippen LogP contribution in [0.5, 0.6) is 0 Å². The smallest absolute Gasteiger partial charge is 0.0320 e. The van der Waals surface area contributed by atoms with Gasteiger partial charge in [-0.2, -0.15) is 0 Å². The molecule has 1 heterocycles. The van der Waals surface area contributed by atoms with E-state index >= 15 is 0 Å². The number of nitrogens with zero attached hydrogens (tertiary/aromatic N) is 1. The highest BCUT2D eigenvalue weighted by atomic mass is 15.2. The highest BCUT2D eigenvalue weighted by Gasteiger charge is 2.21. The van der Waals surface area contributed by atoms with Crippen molar-refractivity contribution in [2.75, 3.05) is 18.8 Å². The Bertz CT molecular complexity index is 292. The van der Waals surface area contributed by atoms with Crippen LogP contribution in [0.3, 0.4) is 0 Å². The van der Waals surface area contributed by atoms with Crippen molar-refractivity contribution in [3.05, 3.63) is 29.8 Å². The number of benzene rings is 1. The lowest BCUT2D eigenvalue weighted by Crippen LogP contribution is -2.38. The van der Waals surface area contributed by atoms with Crippen LogP contribution in [0.1, 0.15) is 24.9 Å². The van der Waals surface area contributed by atoms with Crippen molar-refractivity contribution in [2.45, 2.75) is 19.4 Å². The van der Waals surface area contributed by atoms with Crippen LogP contribution in [-0.4, -0.2) is 18.0 Å². The largest absolute Gasteiger partial charge is 0.399 e. The van der Waals surface area contributed by atoms with Gasteiger partial charge in [0.15, 0.2) is 0 Å². The van der Waals surface area contributed by atoms with Gasteiger partial charge in [0.05, 0.1) is 0 Å². The van der Waals surface area contributed by atoms with Gasteiger partial charge in [-0.3, -0.25) is 4.90 Å². The molecule has 0 spiro atoms. The van der Waals surface area contributed by atoms with Gasteiger partial charge in [0, 0.05) is 11.7 Å². The summed E-state index contributed by atoms with van der Waals surface area (Å²) in [7, 11) is 0. The Labute approximate surface area is 79.4 Å². The van der Waals surface area contributed by atoms with Gasteiger partial charge in [0.25, 0.3) is 0 Å². The number of rotatable bonds is 2. The Morgan fingerprint density at radius 2 is 2.15 bits per heavy atom. The number of likely N-dealkylation sites (tertiary alicyclic amines) is 1. The quantitative estimate of drug-likeness (QED) is 0.699. The molecular weight excluding hydrogens is 160 g/mol. The first kappa shape index (κ1) is 8.57. The summed E-state index contributed by atoms with van der Waals surface area (Å²) in [5.74, 6) is 0. The van der Waals surface area contributed by atoms with Crippen molar-refractivity contribution >= 4 is 5.69 Å². The predicted octanol–water partition coefficient (Wildman–Crippen LogP) is 2.04. The number of hydrogen-bond donors (Lipinski definition) is 1. The van der Waals surface area contributed by atoms with Crippen molar-refractivity contribution in [2.24, 2.45) is 0 Å². The zero-order valence-electron chi connectivity index (χ0n) is 8.03. The molecule has 0 aromatic heterocycles. The second-order valence-electron chi connectivity index (χ2n) is 3.74. The molecular formula is C11H16N2. The first-order valence-corrected chi connectivity index (χ1v) is 4.87. The van der Waals surface area contributed by atoms with E-state index in [1.54, 1.807) is 0 Å². The molecule has 0 bridgehead atoms. The summed E-state index contributed by atoms with van der Waals surface area (Å²) in [5, 5.41) is 0. The minimum Gasteiger partial charge on any atom is -0.399 e. The summed E-state index contributed by atoms with van der Waals surface area (Å²) in [6, 6.07) is 8.72. The molecule has 13 heavy (non-hydrogen) atoms. The average molecular weight is 176 g/mol. The van der Waals surface area contributed by atoms with E-state index in [4.69, 9.17) is 5.73 Å². The van der Waals surface area contributed by atoms with Crippen LogP contribution in [0.4, 0.5) is 5.69 Å². The molecule has 1 aromatic carbocycles. The summed E-state index contributed by atoms with van der Waals surface area (Å²) in [4.78, 5) is 2.47. The van der Waals surface area contributed by atoms with Crippen molar-refractivity contribution in [3.63, 3.8) is 0 Å². The summed E-state index contributed by atoms with van der Waals surface area (Å²) >= 11 is 0. The first-order chi connectivity index (χ1) is 6.27. The molecule has 0 amide bonds. The lowest BCUT2D eigenvalue weighted by atomic mass is 10.0. The number of nitrogens with two attached hydrogens (primary N) is 1. The van der Waals surface area contributed by atoms with Gasteiger partial charge in [-0.15, -0.1) is 0 Å². The second kappa shape index (κ2) is 3.38. The van der Waals surface area contributed by atoms with Crippen LogP contribution in [0, 0.1) is 0 Å². The topological polar surface area (TPSA) is 29.3 Å². The van der Waals surface area contributed by atoms with Crippen LogP contribution < -0.4 is 5.73 Å². The highest BCUT2D eigenvalue weighted by Crippen LogP contribution is 2.25. The molecule has 2 nitrogen and oxygen atoms in total. The molecule has 1 aliphatic heterocycles. The van der Waals surface area contributed by atoms with E-state index in [0.29, 0.717) is 6.04 Å². The maximum atomic E-state index is 5.74. The highest BCUT2D eigenvalue weighted by molar-refractivity contribution is 5.41. The lowest BCUT2D eigenvalue weighted by molar-refractivity contribution is 0.128. The first-order valence-electron chi connectivity index (χ1n) is 4.87. The van der Waals surface area contributed by atoms with Crippen LogP contribution in [0.25, 0.3) is 0 Å². The van der Waals surface area contributed by atoms with E-state index in [9.17, 15) is 0 Å². The van der Waals surface area contributed by atoms with Gasteiger partial charge in [-0.25, -0.2) is 0 Å². The Hall–Kier alpha value is -1.02. The molecule has 70 valence electrons. The van der Waals surface area contributed by atoms with Crippen LogP contribution >= 0.6 is 0 Å². The summed E-state index contributed by atoms with van der Waals surface area (Å²) in [6.07, 6.45) is 1.34. The van der Waals surface area contributed by atoms with E-state index in [-0.39, 0.29) is 0 Å². The van der Waals surface area contributed by atoms with Gasteiger partial charge in [-0.1, -0.05) is 12.1 Å². The molecule has 1 saturated heterocycles. The number of nitrogen functional groups attached to an aromatic ring is 1. The van der Waals surface area contributed by atoms with Crippen molar-refractivity contribution in [1.29, 1.82) is 0 Å². The normalized spacial score (nSPS) is 19.5. The second-order valence-corrected chi connectivity index (χ2v) is 3.74. The number of hydrogen-bond acceptors (Lipinski definition) is 2. The van der Waals surface area contributed by atoms with Crippen molar-refractivity contribution in [3.8, 4) is 0 Å². The van der Waals surface area contributed by atoms with E-state index in [0.717, 1.165) is 5.69 Å². The maximum Gasteiger partial charge on any atom is 0.0320 e. The molecule has 1 atom stereocenters. The Morgan fingerprint density at radius 3 is 2.69 bits per heavy atom. The van der Waals surface area contributed by atoms with Gasteiger partial charge >= 0.3 is 0 Å². The van der Waals surface area contributed by atoms with Crippen LogP contribution in [0.15, 0.2) is 24.3 Å². The van der Waals surface area contributed by atoms with Crippen molar-refractivity contribution in [1.82, 2.24) is 4.90 Å². The van der Waals surface area contributed by atoms with Crippen LogP contribution in [0.2, 0.25) is 0 Å². The van der Waals surface area contributed by atoms with E-state index in [1.807, 2.05) is 12.1 Å². The molecule has 2 rings (SSSR count). The fourth-order valence-electron chi connectivity index (χ4n) is 1.76. The molecule has 1 aliphatic rings. The average Bonchev–Trinajstić information content (AvgIpc) is 2.01. The summed E-state index contributed by atoms with van der Waals surface area (Å²) in [5.41, 5.74) is 7.94. The third kappa shape index (κ3) is 1.68. The molecule has 1 unspecified atom stereocenters. The monoisotopic (exact) mass is 176 g/mol. The van der Waals surface area contributed by atoms with Crippen molar-refractivity contribution < 1.29 is 0 Å². The van der Waals surface area contributed by atoms with E-state index < -0.39 is 0 Å². The van der Waals surface area contributed by atoms with Gasteiger partial charge < -0.3 is 5.73 Å². The Morgan fingerprint density at radius 1 is 1.38 bits per heavy atom. The zero-order valence-corrected chi connectivity index (χ0v) is 8.03. The zero-order chi connectivity index (χ0) is 9.26. The lowest BCUT2D eigenvalue weighted by Gasteiger charge is -2.36. The maximum absolute atomic E-state index is 5.74. The summed E-state index contributed by atoms with van der Waals surface area (Å²) < 4.78 is 0. The van der Waals surface area contributed by atoms with Crippen LogP contribution in [-0.2, 0) is 0 Å².